The number of allylic oxidation sites excluding steroid dienone is 1. The van der Waals surface area contributed by atoms with Gasteiger partial charge in [0.05, 0.1) is 0 Å². The summed E-state index contributed by atoms with van der Waals surface area (Å²) >= 11 is 1.89. The number of hydrogen-bond acceptors (Lipinski definition) is 1. The average Bonchev–Trinajstić information content (AvgIpc) is 3.55. The van der Waals surface area contributed by atoms with Crippen molar-refractivity contribution >= 4 is 91.4 Å². The van der Waals surface area contributed by atoms with Crippen LogP contribution in [0, 0.1) is 0 Å². The second-order valence-corrected chi connectivity index (χ2v) is 14.6. The Labute approximate surface area is 288 Å². The molecular formula is C48H30S. The Hall–Kier alpha value is -5.76. The molecule has 1 heteroatoms. The largest absolute Gasteiger partial charge is 0.135 e. The molecule has 0 unspecified atom stereocenters. The summed E-state index contributed by atoms with van der Waals surface area (Å²) in [6.45, 7) is 0. The van der Waals surface area contributed by atoms with Crippen molar-refractivity contribution in [3.05, 3.63) is 163 Å². The van der Waals surface area contributed by atoms with Gasteiger partial charge in [0.2, 0.25) is 0 Å². The average molecular weight is 639 g/mol. The molecule has 0 radical (unpaired) electrons. The summed E-state index contributed by atoms with van der Waals surface area (Å²) in [4.78, 5) is 0. The van der Waals surface area contributed by atoms with Crippen LogP contribution in [0.2, 0.25) is 0 Å². The van der Waals surface area contributed by atoms with Crippen molar-refractivity contribution in [1.29, 1.82) is 0 Å². The van der Waals surface area contributed by atoms with Crippen LogP contribution in [0.4, 0.5) is 0 Å². The molecule has 0 bridgehead atoms. The molecule has 0 spiro atoms. The number of hydrogen-bond donors (Lipinski definition) is 0. The van der Waals surface area contributed by atoms with Crippen molar-refractivity contribution < 1.29 is 0 Å². The summed E-state index contributed by atoms with van der Waals surface area (Å²) in [7, 11) is 0. The van der Waals surface area contributed by atoms with Gasteiger partial charge in [-0.25, -0.2) is 0 Å². The first-order chi connectivity index (χ1) is 24.3. The molecule has 0 saturated carbocycles. The maximum atomic E-state index is 2.43. The van der Waals surface area contributed by atoms with Crippen LogP contribution in [0.15, 0.2) is 152 Å². The number of fused-ring (bicyclic) bond motifs is 15. The monoisotopic (exact) mass is 638 g/mol. The molecule has 49 heavy (non-hydrogen) atoms. The molecule has 9 aromatic carbocycles. The van der Waals surface area contributed by atoms with Gasteiger partial charge in [0.1, 0.15) is 0 Å². The van der Waals surface area contributed by atoms with Crippen molar-refractivity contribution in [2.24, 2.45) is 0 Å². The Morgan fingerprint density at radius 3 is 1.33 bits per heavy atom. The van der Waals surface area contributed by atoms with Crippen LogP contribution in [0.1, 0.15) is 17.5 Å². The first-order valence-electron chi connectivity index (χ1n) is 17.2. The van der Waals surface area contributed by atoms with Gasteiger partial charge in [-0.05, 0) is 136 Å². The quantitative estimate of drug-likeness (QED) is 0.165. The highest BCUT2D eigenvalue weighted by Crippen LogP contribution is 2.42. The maximum Gasteiger partial charge on any atom is 0.0355 e. The molecule has 0 N–H and O–H groups in total. The molecule has 1 heterocycles. The van der Waals surface area contributed by atoms with Crippen LogP contribution in [0.5, 0.6) is 0 Å². The van der Waals surface area contributed by atoms with Crippen LogP contribution in [0.3, 0.4) is 0 Å². The van der Waals surface area contributed by atoms with Gasteiger partial charge in [0, 0.05) is 20.2 Å². The van der Waals surface area contributed by atoms with Crippen LogP contribution in [-0.4, -0.2) is 0 Å². The smallest absolute Gasteiger partial charge is 0.0355 e. The third-order valence-electron chi connectivity index (χ3n) is 10.9. The summed E-state index contributed by atoms with van der Waals surface area (Å²) in [6, 6.07) is 54.8. The van der Waals surface area contributed by atoms with Crippen LogP contribution in [0.25, 0.3) is 102 Å². The van der Waals surface area contributed by atoms with E-state index in [1.807, 2.05) is 11.3 Å². The fourth-order valence-corrected chi connectivity index (χ4v) is 9.65. The van der Waals surface area contributed by atoms with Gasteiger partial charge >= 0.3 is 0 Å². The third-order valence-corrected chi connectivity index (χ3v) is 12.1. The van der Waals surface area contributed by atoms with E-state index in [2.05, 4.69) is 158 Å². The van der Waals surface area contributed by atoms with E-state index in [-0.39, 0.29) is 0 Å². The highest BCUT2D eigenvalue weighted by atomic mass is 32.1. The Kier molecular flexibility index (Phi) is 5.76. The Morgan fingerprint density at radius 1 is 0.347 bits per heavy atom. The number of aryl methyl sites for hydroxylation is 1. The van der Waals surface area contributed by atoms with Crippen LogP contribution < -0.4 is 0 Å². The second kappa shape index (κ2) is 10.4. The van der Waals surface area contributed by atoms with Crippen molar-refractivity contribution in [3.8, 4) is 22.3 Å². The van der Waals surface area contributed by atoms with Crippen molar-refractivity contribution in [1.82, 2.24) is 0 Å². The minimum absolute atomic E-state index is 1.10. The molecule has 1 aliphatic rings. The van der Waals surface area contributed by atoms with E-state index < -0.39 is 0 Å². The van der Waals surface area contributed by atoms with Gasteiger partial charge in [-0.1, -0.05) is 121 Å². The van der Waals surface area contributed by atoms with Crippen LogP contribution >= 0.6 is 11.3 Å². The SMILES string of the molecule is C1=Cc2c(c3ccccc3c3ccc(-c4ccc5sc6ccc(-c7ccc8c9ccccc9c9ccccc9c8c7)cc6c5c4)cc23)CC1. The summed E-state index contributed by atoms with van der Waals surface area (Å²) in [5.74, 6) is 0. The van der Waals surface area contributed by atoms with Gasteiger partial charge in [0.25, 0.3) is 0 Å². The lowest BCUT2D eigenvalue weighted by atomic mass is 9.85. The molecule has 1 aliphatic carbocycles. The van der Waals surface area contributed by atoms with E-state index in [0.717, 1.165) is 12.8 Å². The third kappa shape index (κ3) is 4.03. The second-order valence-electron chi connectivity index (χ2n) is 13.5. The fraction of sp³-hybridized carbons (Fsp3) is 0.0417. The minimum Gasteiger partial charge on any atom is -0.135 e. The van der Waals surface area contributed by atoms with E-state index in [4.69, 9.17) is 0 Å². The normalized spacial score (nSPS) is 13.1. The molecule has 0 atom stereocenters. The fourth-order valence-electron chi connectivity index (χ4n) is 8.58. The molecule has 11 rings (SSSR count). The predicted molar refractivity (Wildman–Crippen MR) is 215 cm³/mol. The lowest BCUT2D eigenvalue weighted by molar-refractivity contribution is 1.00. The lowest BCUT2D eigenvalue weighted by Gasteiger charge is -2.18. The summed E-state index contributed by atoms with van der Waals surface area (Å²) < 4.78 is 2.66. The predicted octanol–water partition coefficient (Wildman–Crippen LogP) is 14.1. The van der Waals surface area contributed by atoms with Gasteiger partial charge in [0.15, 0.2) is 0 Å². The molecule has 1 aromatic heterocycles. The molecule has 228 valence electrons. The topological polar surface area (TPSA) is 0 Å². The Morgan fingerprint density at radius 2 is 0.755 bits per heavy atom. The molecule has 0 nitrogen and oxygen atoms in total. The van der Waals surface area contributed by atoms with Crippen molar-refractivity contribution in [2.75, 3.05) is 0 Å². The minimum atomic E-state index is 1.10. The van der Waals surface area contributed by atoms with E-state index in [9.17, 15) is 0 Å². The van der Waals surface area contributed by atoms with E-state index in [0.29, 0.717) is 0 Å². The highest BCUT2D eigenvalue weighted by molar-refractivity contribution is 7.25. The zero-order valence-corrected chi connectivity index (χ0v) is 27.7. The molecule has 0 aliphatic heterocycles. The zero-order chi connectivity index (χ0) is 32.1. The molecule has 0 amide bonds. The number of rotatable bonds is 2. The van der Waals surface area contributed by atoms with E-state index in [1.165, 1.54) is 107 Å². The first-order valence-corrected chi connectivity index (χ1v) is 18.0. The summed E-state index contributed by atoms with van der Waals surface area (Å²) in [5.41, 5.74) is 7.94. The van der Waals surface area contributed by atoms with E-state index in [1.54, 1.807) is 0 Å². The van der Waals surface area contributed by atoms with Crippen molar-refractivity contribution in [2.45, 2.75) is 12.8 Å². The molecule has 0 saturated heterocycles. The molecule has 0 fully saturated rings. The lowest BCUT2D eigenvalue weighted by Crippen LogP contribution is -1.97. The number of thiophene rings is 1. The van der Waals surface area contributed by atoms with Gasteiger partial charge in [-0.3, -0.25) is 0 Å². The van der Waals surface area contributed by atoms with Gasteiger partial charge < -0.3 is 0 Å². The first kappa shape index (κ1) is 27.2. The summed E-state index contributed by atoms with van der Waals surface area (Å²) in [5, 5.41) is 16.0. The van der Waals surface area contributed by atoms with E-state index >= 15 is 0 Å². The highest BCUT2D eigenvalue weighted by Gasteiger charge is 2.16. The summed E-state index contributed by atoms with van der Waals surface area (Å²) in [6.07, 6.45) is 6.90. The standard InChI is InChI=1S/C48H30S/c1-3-13-37-33(9-1)35-11-5-7-15-39(35)43-25-29(17-21-41(37)43)31-19-23-47-45(27-31)46-28-32(20-24-48(46)49-47)30-18-22-42-38-14-4-2-10-34(38)36-12-6-8-16-40(36)44(42)26-30/h1-5,7-11,13-28H,6,12H2. The maximum absolute atomic E-state index is 2.43. The van der Waals surface area contributed by atoms with Crippen LogP contribution in [-0.2, 0) is 6.42 Å². The van der Waals surface area contributed by atoms with Gasteiger partial charge in [-0.15, -0.1) is 11.3 Å². The number of benzene rings is 9. The Balaban J connectivity index is 1.08. The molecule has 10 aromatic rings. The Bertz CT molecular complexity index is 3010. The zero-order valence-electron chi connectivity index (χ0n) is 26.8. The molecular weight excluding hydrogens is 609 g/mol. The van der Waals surface area contributed by atoms with Gasteiger partial charge in [-0.2, -0.15) is 0 Å². The van der Waals surface area contributed by atoms with Crippen molar-refractivity contribution in [3.63, 3.8) is 0 Å².